The van der Waals surface area contributed by atoms with Crippen LogP contribution in [0.15, 0.2) is 53.4 Å². The zero-order valence-corrected chi connectivity index (χ0v) is 19.7. The molecule has 0 fully saturated rings. The second kappa shape index (κ2) is 12.9. The highest BCUT2D eigenvalue weighted by Crippen LogP contribution is 2.27. The zero-order valence-electron chi connectivity index (χ0n) is 17.4. The molecule has 7 heteroatoms. The van der Waals surface area contributed by atoms with Gasteiger partial charge < -0.3 is 10.2 Å². The van der Waals surface area contributed by atoms with Crippen LogP contribution in [-0.4, -0.2) is 35.1 Å². The lowest BCUT2D eigenvalue weighted by Crippen LogP contribution is -2.49. The predicted octanol–water partition coefficient (Wildman–Crippen LogP) is 5.81. The minimum absolute atomic E-state index is 0.0899. The van der Waals surface area contributed by atoms with Gasteiger partial charge in [-0.3, -0.25) is 9.59 Å². The van der Waals surface area contributed by atoms with Gasteiger partial charge in [-0.1, -0.05) is 61.3 Å². The third-order valence-corrected chi connectivity index (χ3v) is 6.38. The van der Waals surface area contributed by atoms with Crippen molar-refractivity contribution in [3.63, 3.8) is 0 Å². The molecule has 30 heavy (non-hydrogen) atoms. The van der Waals surface area contributed by atoms with Crippen molar-refractivity contribution in [2.75, 3.05) is 12.3 Å². The highest BCUT2D eigenvalue weighted by molar-refractivity contribution is 7.99. The van der Waals surface area contributed by atoms with Crippen LogP contribution in [0.5, 0.6) is 0 Å². The van der Waals surface area contributed by atoms with Crippen LogP contribution in [-0.2, 0) is 16.1 Å². The standard InChI is InChI=1S/C23H28Cl2N2O2S/c1-3-14-26-23(29)21(4-2)27(16-18-19(24)11-8-12-20(18)25)22(28)13-15-30-17-9-6-5-7-10-17/h5-12,21H,3-4,13-16H2,1-2H3,(H,26,29)/t21-/m0/s1. The van der Waals surface area contributed by atoms with Crippen LogP contribution in [0.1, 0.15) is 38.7 Å². The van der Waals surface area contributed by atoms with E-state index in [0.717, 1.165) is 11.3 Å². The smallest absolute Gasteiger partial charge is 0.242 e. The Hall–Kier alpha value is -1.69. The number of rotatable bonds is 11. The fraction of sp³-hybridized carbons (Fsp3) is 0.391. The number of nitrogens with one attached hydrogen (secondary N) is 1. The highest BCUT2D eigenvalue weighted by atomic mass is 35.5. The Labute approximate surface area is 193 Å². The molecule has 2 aromatic rings. The van der Waals surface area contributed by atoms with E-state index in [1.807, 2.05) is 44.2 Å². The number of carbonyl (C=O) groups excluding carboxylic acids is 2. The number of nitrogens with zero attached hydrogens (tertiary/aromatic N) is 1. The molecule has 162 valence electrons. The van der Waals surface area contributed by atoms with Gasteiger partial charge in [-0.25, -0.2) is 0 Å². The van der Waals surface area contributed by atoms with Gasteiger partial charge in [-0.15, -0.1) is 11.8 Å². The molecule has 0 saturated heterocycles. The van der Waals surface area contributed by atoms with E-state index in [4.69, 9.17) is 23.2 Å². The molecule has 0 saturated carbocycles. The van der Waals surface area contributed by atoms with Crippen LogP contribution >= 0.6 is 35.0 Å². The molecule has 0 aromatic heterocycles. The van der Waals surface area contributed by atoms with Crippen molar-refractivity contribution < 1.29 is 9.59 Å². The molecular weight excluding hydrogens is 439 g/mol. The number of hydrogen-bond acceptors (Lipinski definition) is 3. The van der Waals surface area contributed by atoms with Crippen molar-refractivity contribution in [1.29, 1.82) is 0 Å². The van der Waals surface area contributed by atoms with Crippen LogP contribution in [0.4, 0.5) is 0 Å². The van der Waals surface area contributed by atoms with Crippen molar-refractivity contribution in [2.45, 2.75) is 50.6 Å². The number of thioether (sulfide) groups is 1. The van der Waals surface area contributed by atoms with Gasteiger partial charge in [0.05, 0.1) is 0 Å². The molecule has 2 aromatic carbocycles. The lowest BCUT2D eigenvalue weighted by atomic mass is 10.1. The first-order chi connectivity index (χ1) is 14.5. The van der Waals surface area contributed by atoms with Gasteiger partial charge in [0, 0.05) is 45.8 Å². The summed E-state index contributed by atoms with van der Waals surface area (Å²) < 4.78 is 0. The number of amides is 2. The van der Waals surface area contributed by atoms with E-state index in [2.05, 4.69) is 5.32 Å². The third kappa shape index (κ3) is 7.22. The van der Waals surface area contributed by atoms with E-state index in [-0.39, 0.29) is 18.4 Å². The molecule has 0 radical (unpaired) electrons. The van der Waals surface area contributed by atoms with E-state index in [1.165, 1.54) is 0 Å². The van der Waals surface area contributed by atoms with E-state index >= 15 is 0 Å². The average molecular weight is 467 g/mol. The van der Waals surface area contributed by atoms with Gasteiger partial charge in [0.25, 0.3) is 0 Å². The van der Waals surface area contributed by atoms with Crippen LogP contribution in [0, 0.1) is 0 Å². The van der Waals surface area contributed by atoms with Crippen molar-refractivity contribution in [3.8, 4) is 0 Å². The van der Waals surface area contributed by atoms with Gasteiger partial charge >= 0.3 is 0 Å². The summed E-state index contributed by atoms with van der Waals surface area (Å²) in [6, 6.07) is 14.6. The van der Waals surface area contributed by atoms with Crippen molar-refractivity contribution in [1.82, 2.24) is 10.2 Å². The monoisotopic (exact) mass is 466 g/mol. The number of halogens is 2. The average Bonchev–Trinajstić information content (AvgIpc) is 2.74. The summed E-state index contributed by atoms with van der Waals surface area (Å²) in [5.41, 5.74) is 0.659. The minimum atomic E-state index is -0.571. The van der Waals surface area contributed by atoms with E-state index in [9.17, 15) is 9.59 Å². The van der Waals surface area contributed by atoms with E-state index in [0.29, 0.717) is 40.7 Å². The van der Waals surface area contributed by atoms with Crippen LogP contribution in [0.2, 0.25) is 10.0 Å². The first-order valence-electron chi connectivity index (χ1n) is 10.2. The lowest BCUT2D eigenvalue weighted by molar-refractivity contribution is -0.141. The summed E-state index contributed by atoms with van der Waals surface area (Å²) in [5, 5.41) is 3.89. The highest BCUT2D eigenvalue weighted by Gasteiger charge is 2.29. The van der Waals surface area contributed by atoms with Gasteiger partial charge in [0.15, 0.2) is 0 Å². The fourth-order valence-corrected chi connectivity index (χ4v) is 4.43. The normalized spacial score (nSPS) is 11.7. The molecule has 2 amide bonds. The summed E-state index contributed by atoms with van der Waals surface area (Å²) >= 11 is 14.3. The zero-order chi connectivity index (χ0) is 21.9. The first-order valence-corrected chi connectivity index (χ1v) is 11.9. The lowest BCUT2D eigenvalue weighted by Gasteiger charge is -2.31. The largest absolute Gasteiger partial charge is 0.354 e. The van der Waals surface area contributed by atoms with Crippen molar-refractivity contribution in [2.24, 2.45) is 0 Å². The molecule has 1 atom stereocenters. The Balaban J connectivity index is 2.18. The summed E-state index contributed by atoms with van der Waals surface area (Å²) in [7, 11) is 0. The predicted molar refractivity (Wildman–Crippen MR) is 126 cm³/mol. The van der Waals surface area contributed by atoms with Gasteiger partial charge in [0.2, 0.25) is 11.8 Å². The van der Waals surface area contributed by atoms with E-state index < -0.39 is 6.04 Å². The molecular formula is C23H28Cl2N2O2S. The molecule has 0 unspecified atom stereocenters. The van der Waals surface area contributed by atoms with Crippen LogP contribution in [0.25, 0.3) is 0 Å². The summed E-state index contributed by atoms with van der Waals surface area (Å²) in [5.74, 6) is 0.391. The third-order valence-electron chi connectivity index (χ3n) is 4.65. The molecule has 1 N–H and O–H groups in total. The Morgan fingerprint density at radius 2 is 1.70 bits per heavy atom. The molecule has 0 aliphatic heterocycles. The van der Waals surface area contributed by atoms with Crippen LogP contribution < -0.4 is 5.32 Å². The Kier molecular flexibility index (Phi) is 10.6. The molecule has 0 heterocycles. The Bertz CT molecular complexity index is 813. The fourth-order valence-electron chi connectivity index (χ4n) is 3.06. The Morgan fingerprint density at radius 3 is 2.30 bits per heavy atom. The maximum absolute atomic E-state index is 13.2. The second-order valence-corrected chi connectivity index (χ2v) is 8.83. The maximum atomic E-state index is 13.2. The molecule has 0 aliphatic rings. The summed E-state index contributed by atoms with van der Waals surface area (Å²) in [6.45, 7) is 4.68. The molecule has 0 spiro atoms. The van der Waals surface area contributed by atoms with Crippen molar-refractivity contribution >= 4 is 46.8 Å². The molecule has 0 aliphatic carbocycles. The van der Waals surface area contributed by atoms with Gasteiger partial charge in [0.1, 0.15) is 6.04 Å². The summed E-state index contributed by atoms with van der Waals surface area (Å²) in [4.78, 5) is 28.7. The minimum Gasteiger partial charge on any atom is -0.354 e. The number of hydrogen-bond donors (Lipinski definition) is 1. The molecule has 0 bridgehead atoms. The number of carbonyl (C=O) groups is 2. The Morgan fingerprint density at radius 1 is 1.03 bits per heavy atom. The SMILES string of the molecule is CCCNC(=O)[C@H](CC)N(Cc1c(Cl)cccc1Cl)C(=O)CCSc1ccccc1. The van der Waals surface area contributed by atoms with E-state index in [1.54, 1.807) is 34.9 Å². The molecule has 2 rings (SSSR count). The number of benzene rings is 2. The second-order valence-electron chi connectivity index (χ2n) is 6.85. The topological polar surface area (TPSA) is 49.4 Å². The van der Waals surface area contributed by atoms with Gasteiger partial charge in [-0.2, -0.15) is 0 Å². The molecule has 4 nitrogen and oxygen atoms in total. The van der Waals surface area contributed by atoms with Crippen molar-refractivity contribution in [3.05, 3.63) is 64.1 Å². The summed E-state index contributed by atoms with van der Waals surface area (Å²) in [6.07, 6.45) is 1.66. The van der Waals surface area contributed by atoms with Crippen LogP contribution in [0.3, 0.4) is 0 Å². The first kappa shape index (κ1) is 24.6. The maximum Gasteiger partial charge on any atom is 0.242 e. The van der Waals surface area contributed by atoms with Gasteiger partial charge in [-0.05, 0) is 37.1 Å². The quantitative estimate of drug-likeness (QED) is 0.425.